The van der Waals surface area contributed by atoms with E-state index in [0.717, 1.165) is 23.4 Å². The number of nitrogens with zero attached hydrogens (tertiary/aromatic N) is 4. The van der Waals surface area contributed by atoms with Crippen LogP contribution in [0.4, 0.5) is 14.5 Å². The minimum Gasteiger partial charge on any atom is -0.494 e. The van der Waals surface area contributed by atoms with Crippen molar-refractivity contribution in [3.63, 3.8) is 0 Å². The van der Waals surface area contributed by atoms with Crippen LogP contribution in [-0.2, 0) is 4.79 Å². The normalized spacial score (nSPS) is 11.9. The number of methoxy groups -OCH3 is 1. The van der Waals surface area contributed by atoms with Crippen LogP contribution in [-0.4, -0.2) is 38.5 Å². The molecule has 0 radical (unpaired) electrons. The average molecular weight is 405 g/mol. The van der Waals surface area contributed by atoms with E-state index in [2.05, 4.69) is 20.8 Å². The number of aryl methyl sites for hydroxylation is 1. The highest BCUT2D eigenvalue weighted by atomic mass is 32.2. The number of thioether (sulfide) groups is 1. The Morgan fingerprint density at radius 2 is 2.04 bits per heavy atom. The second-order valence-electron chi connectivity index (χ2n) is 5.92. The number of halogens is 2. The molecule has 3 rings (SSSR count). The van der Waals surface area contributed by atoms with Crippen molar-refractivity contribution >= 4 is 23.4 Å². The van der Waals surface area contributed by atoms with E-state index in [0.29, 0.717) is 22.7 Å². The number of rotatable bonds is 6. The van der Waals surface area contributed by atoms with Crippen LogP contribution >= 0.6 is 11.8 Å². The predicted molar refractivity (Wildman–Crippen MR) is 101 cm³/mol. The van der Waals surface area contributed by atoms with Crippen LogP contribution in [0.5, 0.6) is 5.75 Å². The molecule has 1 N–H and O–H groups in total. The van der Waals surface area contributed by atoms with Crippen molar-refractivity contribution in [3.8, 4) is 11.4 Å². The molecule has 1 amide bonds. The maximum atomic E-state index is 13.7. The standard InChI is InChI=1S/C18H17F2N5O2S/c1-10-4-7-16(27-3)15(8-10)25-18(22-23-24-25)28-11(2)17(26)21-14-6-5-12(19)9-13(14)20/h4-9,11H,1-3H3,(H,21,26)/t11-/m0/s1. The van der Waals surface area contributed by atoms with Crippen molar-refractivity contribution in [1.82, 2.24) is 20.2 Å². The van der Waals surface area contributed by atoms with Crippen molar-refractivity contribution in [1.29, 1.82) is 0 Å². The van der Waals surface area contributed by atoms with Gasteiger partial charge in [-0.15, -0.1) is 5.10 Å². The van der Waals surface area contributed by atoms with Crippen LogP contribution < -0.4 is 10.1 Å². The molecule has 0 fully saturated rings. The van der Waals surface area contributed by atoms with E-state index in [-0.39, 0.29) is 5.69 Å². The van der Waals surface area contributed by atoms with E-state index in [1.54, 1.807) is 20.1 Å². The zero-order chi connectivity index (χ0) is 20.3. The van der Waals surface area contributed by atoms with Gasteiger partial charge in [0.15, 0.2) is 0 Å². The summed E-state index contributed by atoms with van der Waals surface area (Å²) in [6.07, 6.45) is 0. The maximum Gasteiger partial charge on any atom is 0.237 e. The molecule has 0 saturated heterocycles. The van der Waals surface area contributed by atoms with Crippen LogP contribution in [0.1, 0.15) is 12.5 Å². The Balaban J connectivity index is 1.79. The van der Waals surface area contributed by atoms with Crippen molar-refractivity contribution in [2.75, 3.05) is 12.4 Å². The molecule has 0 saturated carbocycles. The number of aromatic nitrogens is 4. The summed E-state index contributed by atoms with van der Waals surface area (Å²) in [7, 11) is 1.54. The van der Waals surface area contributed by atoms with Gasteiger partial charge in [-0.3, -0.25) is 4.79 Å². The number of anilines is 1. The summed E-state index contributed by atoms with van der Waals surface area (Å²) in [5.41, 5.74) is 1.52. The van der Waals surface area contributed by atoms with Gasteiger partial charge in [-0.1, -0.05) is 17.8 Å². The van der Waals surface area contributed by atoms with E-state index >= 15 is 0 Å². The molecule has 0 aliphatic heterocycles. The first-order valence-corrected chi connectivity index (χ1v) is 9.13. The molecule has 0 unspecified atom stereocenters. The van der Waals surface area contributed by atoms with E-state index in [1.807, 2.05) is 19.1 Å². The number of tetrazole rings is 1. The van der Waals surface area contributed by atoms with E-state index in [4.69, 9.17) is 4.74 Å². The number of ether oxygens (including phenoxy) is 1. The summed E-state index contributed by atoms with van der Waals surface area (Å²) in [5, 5.41) is 13.8. The number of benzene rings is 2. The first-order valence-electron chi connectivity index (χ1n) is 8.25. The lowest BCUT2D eigenvalue weighted by atomic mass is 10.2. The number of carbonyl (C=O) groups excluding carboxylic acids is 1. The van der Waals surface area contributed by atoms with Gasteiger partial charge in [0, 0.05) is 6.07 Å². The molecule has 0 spiro atoms. The molecule has 10 heteroatoms. The number of carbonyl (C=O) groups is 1. The van der Waals surface area contributed by atoms with Gasteiger partial charge in [-0.05, 0) is 54.1 Å². The van der Waals surface area contributed by atoms with Gasteiger partial charge in [0.1, 0.15) is 23.1 Å². The van der Waals surface area contributed by atoms with Crippen LogP contribution in [0, 0.1) is 18.6 Å². The highest BCUT2D eigenvalue weighted by Gasteiger charge is 2.21. The van der Waals surface area contributed by atoms with E-state index in [9.17, 15) is 13.6 Å². The molecule has 1 atom stereocenters. The lowest BCUT2D eigenvalue weighted by Gasteiger charge is -2.13. The third-order valence-electron chi connectivity index (χ3n) is 3.84. The second kappa shape index (κ2) is 8.34. The molecule has 1 aromatic heterocycles. The summed E-state index contributed by atoms with van der Waals surface area (Å²) >= 11 is 1.10. The SMILES string of the molecule is COc1ccc(C)cc1-n1nnnc1S[C@@H](C)C(=O)Nc1ccc(F)cc1F. The fraction of sp³-hybridized carbons (Fsp3) is 0.222. The molecule has 1 heterocycles. The monoisotopic (exact) mass is 405 g/mol. The van der Waals surface area contributed by atoms with Crippen molar-refractivity contribution in [3.05, 3.63) is 53.6 Å². The molecule has 0 bridgehead atoms. The number of amides is 1. The third-order valence-corrected chi connectivity index (χ3v) is 4.88. The van der Waals surface area contributed by atoms with Crippen LogP contribution in [0.3, 0.4) is 0 Å². The minimum atomic E-state index is -0.847. The van der Waals surface area contributed by atoms with E-state index < -0.39 is 22.8 Å². The van der Waals surface area contributed by atoms with Gasteiger partial charge in [-0.2, -0.15) is 4.68 Å². The number of hydrogen-bond acceptors (Lipinski definition) is 6. The lowest BCUT2D eigenvalue weighted by molar-refractivity contribution is -0.115. The lowest BCUT2D eigenvalue weighted by Crippen LogP contribution is -2.23. The summed E-state index contributed by atoms with van der Waals surface area (Å²) in [5.74, 6) is -1.46. The van der Waals surface area contributed by atoms with Gasteiger partial charge in [-0.25, -0.2) is 8.78 Å². The molecular weight excluding hydrogens is 388 g/mol. The Kier molecular flexibility index (Phi) is 5.88. The van der Waals surface area contributed by atoms with Crippen LogP contribution in [0.2, 0.25) is 0 Å². The quantitative estimate of drug-likeness (QED) is 0.633. The molecule has 28 heavy (non-hydrogen) atoms. The van der Waals surface area contributed by atoms with Gasteiger partial charge < -0.3 is 10.1 Å². The fourth-order valence-corrected chi connectivity index (χ4v) is 3.21. The Hall–Kier alpha value is -3.01. The summed E-state index contributed by atoms with van der Waals surface area (Å²) in [6, 6.07) is 8.50. The Bertz CT molecular complexity index is 1010. The topological polar surface area (TPSA) is 81.9 Å². The largest absolute Gasteiger partial charge is 0.494 e. The molecule has 0 aliphatic carbocycles. The van der Waals surface area contributed by atoms with Crippen molar-refractivity contribution in [2.45, 2.75) is 24.3 Å². The Morgan fingerprint density at radius 3 is 2.75 bits per heavy atom. The smallest absolute Gasteiger partial charge is 0.237 e. The Labute approximate surface area is 164 Å². The van der Waals surface area contributed by atoms with Gasteiger partial charge >= 0.3 is 0 Å². The number of nitrogens with one attached hydrogen (secondary N) is 1. The highest BCUT2D eigenvalue weighted by Crippen LogP contribution is 2.29. The average Bonchev–Trinajstić information content (AvgIpc) is 3.11. The number of hydrogen-bond donors (Lipinski definition) is 1. The van der Waals surface area contributed by atoms with Gasteiger partial charge in [0.05, 0.1) is 18.0 Å². The molecular formula is C18H17F2N5O2S. The van der Waals surface area contributed by atoms with Crippen LogP contribution in [0.25, 0.3) is 5.69 Å². The van der Waals surface area contributed by atoms with Crippen molar-refractivity contribution < 1.29 is 18.3 Å². The summed E-state index contributed by atoms with van der Waals surface area (Å²) in [6.45, 7) is 3.56. The van der Waals surface area contributed by atoms with E-state index in [1.165, 1.54) is 10.7 Å². The fourth-order valence-electron chi connectivity index (χ4n) is 2.41. The summed E-state index contributed by atoms with van der Waals surface area (Å²) < 4.78 is 33.6. The molecule has 2 aromatic carbocycles. The first-order chi connectivity index (χ1) is 13.4. The second-order valence-corrected chi connectivity index (χ2v) is 7.23. The molecule has 0 aliphatic rings. The van der Waals surface area contributed by atoms with Crippen molar-refractivity contribution in [2.24, 2.45) is 0 Å². The Morgan fingerprint density at radius 1 is 1.25 bits per heavy atom. The third kappa shape index (κ3) is 4.28. The molecule has 3 aromatic rings. The summed E-state index contributed by atoms with van der Waals surface area (Å²) in [4.78, 5) is 12.4. The zero-order valence-electron chi connectivity index (χ0n) is 15.3. The minimum absolute atomic E-state index is 0.0983. The predicted octanol–water partition coefficient (Wildman–Crippen LogP) is 3.38. The molecule has 146 valence electrons. The first kappa shape index (κ1) is 19.7. The highest BCUT2D eigenvalue weighted by molar-refractivity contribution is 8.00. The van der Waals surface area contributed by atoms with Gasteiger partial charge in [0.2, 0.25) is 11.1 Å². The van der Waals surface area contributed by atoms with Gasteiger partial charge in [0.25, 0.3) is 0 Å². The zero-order valence-corrected chi connectivity index (χ0v) is 16.1. The van der Waals surface area contributed by atoms with Crippen LogP contribution in [0.15, 0.2) is 41.6 Å². The molecule has 7 nitrogen and oxygen atoms in total. The maximum absolute atomic E-state index is 13.7.